The molecule has 3 heterocycles. The summed E-state index contributed by atoms with van der Waals surface area (Å²) >= 11 is 0. The number of hydrogen-bond donors (Lipinski definition) is 3. The highest BCUT2D eigenvalue weighted by Crippen LogP contribution is 2.31. The zero-order valence-corrected chi connectivity index (χ0v) is 20.7. The van der Waals surface area contributed by atoms with Crippen LogP contribution < -0.4 is 16.4 Å². The summed E-state index contributed by atoms with van der Waals surface area (Å²) in [7, 11) is 0. The van der Waals surface area contributed by atoms with E-state index < -0.39 is 6.04 Å². The molecular weight excluding hydrogens is 486 g/mol. The van der Waals surface area contributed by atoms with Crippen LogP contribution in [0.5, 0.6) is 0 Å². The SMILES string of the molecule is N[C@H]1CNCC=C1c1ccc(F)cc1.O=C1c2ccccc2C(=O)N1[C@H]1CNCC=C1c1ccc(F)cc1. The lowest BCUT2D eigenvalue weighted by Crippen LogP contribution is -2.48. The Labute approximate surface area is 219 Å². The van der Waals surface area contributed by atoms with Crippen molar-refractivity contribution in [2.24, 2.45) is 5.73 Å². The summed E-state index contributed by atoms with van der Waals surface area (Å²) in [5, 5.41) is 6.36. The van der Waals surface area contributed by atoms with Gasteiger partial charge in [0.05, 0.1) is 17.2 Å². The van der Waals surface area contributed by atoms with Gasteiger partial charge in [-0.2, -0.15) is 0 Å². The molecule has 2 amide bonds. The first kappa shape index (κ1) is 25.7. The lowest BCUT2D eigenvalue weighted by molar-refractivity contribution is 0.0618. The Balaban J connectivity index is 0.000000179. The molecule has 0 bridgehead atoms. The van der Waals surface area contributed by atoms with E-state index in [-0.39, 0.29) is 29.5 Å². The molecule has 0 spiro atoms. The van der Waals surface area contributed by atoms with Crippen LogP contribution in [0, 0.1) is 11.6 Å². The number of hydrogen-bond acceptors (Lipinski definition) is 5. The van der Waals surface area contributed by atoms with Gasteiger partial charge in [-0.25, -0.2) is 8.78 Å². The van der Waals surface area contributed by atoms with Gasteiger partial charge in [-0.05, 0) is 58.7 Å². The fraction of sp³-hybridized carbons (Fsp3) is 0.200. The molecule has 8 heteroatoms. The van der Waals surface area contributed by atoms with Crippen LogP contribution in [0.1, 0.15) is 31.8 Å². The number of amides is 2. The molecule has 0 saturated carbocycles. The van der Waals surface area contributed by atoms with Crippen molar-refractivity contribution in [3.05, 3.63) is 119 Å². The van der Waals surface area contributed by atoms with Gasteiger partial charge in [0.1, 0.15) is 11.6 Å². The van der Waals surface area contributed by atoms with Crippen LogP contribution in [0.2, 0.25) is 0 Å². The Morgan fingerprint density at radius 2 is 1.16 bits per heavy atom. The fourth-order valence-corrected chi connectivity index (χ4v) is 4.98. The van der Waals surface area contributed by atoms with Crippen LogP contribution in [-0.2, 0) is 0 Å². The van der Waals surface area contributed by atoms with Gasteiger partial charge in [0.15, 0.2) is 0 Å². The maximum atomic E-state index is 13.2. The molecule has 0 saturated heterocycles. The summed E-state index contributed by atoms with van der Waals surface area (Å²) in [5.41, 5.74) is 10.6. The minimum Gasteiger partial charge on any atom is -0.323 e. The number of nitrogens with zero attached hydrogens (tertiary/aromatic N) is 1. The van der Waals surface area contributed by atoms with E-state index in [0.717, 1.165) is 35.4 Å². The van der Waals surface area contributed by atoms with E-state index in [9.17, 15) is 18.4 Å². The van der Waals surface area contributed by atoms with Crippen molar-refractivity contribution >= 4 is 23.0 Å². The third-order valence-electron chi connectivity index (χ3n) is 6.89. The van der Waals surface area contributed by atoms with Crippen molar-refractivity contribution in [2.75, 3.05) is 26.2 Å². The molecule has 0 aromatic heterocycles. The Morgan fingerprint density at radius 1 is 0.684 bits per heavy atom. The summed E-state index contributed by atoms with van der Waals surface area (Å²) in [6.07, 6.45) is 4.01. The van der Waals surface area contributed by atoms with Crippen LogP contribution in [-0.4, -0.2) is 55.0 Å². The summed E-state index contributed by atoms with van der Waals surface area (Å²) in [4.78, 5) is 26.8. The van der Waals surface area contributed by atoms with Crippen molar-refractivity contribution in [3.63, 3.8) is 0 Å². The van der Waals surface area contributed by atoms with Gasteiger partial charge in [0.25, 0.3) is 11.8 Å². The molecule has 0 unspecified atom stereocenters. The van der Waals surface area contributed by atoms with Gasteiger partial charge in [-0.15, -0.1) is 0 Å². The van der Waals surface area contributed by atoms with Crippen LogP contribution in [0.25, 0.3) is 11.1 Å². The van der Waals surface area contributed by atoms with Gasteiger partial charge in [0, 0.05) is 32.2 Å². The van der Waals surface area contributed by atoms with Crippen LogP contribution in [0.4, 0.5) is 8.78 Å². The van der Waals surface area contributed by atoms with E-state index >= 15 is 0 Å². The minimum absolute atomic E-state index is 0.00853. The molecule has 0 radical (unpaired) electrons. The second-order valence-electron chi connectivity index (χ2n) is 9.30. The van der Waals surface area contributed by atoms with Gasteiger partial charge in [-0.3, -0.25) is 14.5 Å². The molecule has 3 aromatic carbocycles. The smallest absolute Gasteiger partial charge is 0.262 e. The molecule has 0 aliphatic carbocycles. The van der Waals surface area contributed by atoms with Gasteiger partial charge in [-0.1, -0.05) is 48.6 Å². The van der Waals surface area contributed by atoms with Crippen LogP contribution in [0.15, 0.2) is 84.9 Å². The molecule has 2 atom stereocenters. The molecule has 194 valence electrons. The first-order chi connectivity index (χ1) is 18.4. The average molecular weight is 515 g/mol. The van der Waals surface area contributed by atoms with Gasteiger partial charge in [0.2, 0.25) is 0 Å². The van der Waals surface area contributed by atoms with E-state index in [2.05, 4.69) is 16.7 Å². The highest BCUT2D eigenvalue weighted by atomic mass is 19.1. The van der Waals surface area contributed by atoms with E-state index in [1.165, 1.54) is 29.2 Å². The van der Waals surface area contributed by atoms with E-state index in [0.29, 0.717) is 24.2 Å². The van der Waals surface area contributed by atoms with E-state index in [1.54, 1.807) is 48.5 Å². The number of halogens is 2. The summed E-state index contributed by atoms with van der Waals surface area (Å²) in [6, 6.07) is 19.1. The van der Waals surface area contributed by atoms with Gasteiger partial charge < -0.3 is 16.4 Å². The van der Waals surface area contributed by atoms with E-state index in [1.807, 2.05) is 6.08 Å². The second-order valence-corrected chi connectivity index (χ2v) is 9.30. The Hall–Kier alpha value is -3.98. The largest absolute Gasteiger partial charge is 0.323 e. The lowest BCUT2D eigenvalue weighted by Gasteiger charge is -2.32. The number of carbonyl (C=O) groups excluding carboxylic acids is 2. The quantitative estimate of drug-likeness (QED) is 0.465. The normalized spacial score (nSPS) is 20.8. The Kier molecular flexibility index (Phi) is 7.55. The molecule has 3 aliphatic heterocycles. The van der Waals surface area contributed by atoms with E-state index in [4.69, 9.17) is 5.73 Å². The zero-order chi connectivity index (χ0) is 26.6. The summed E-state index contributed by atoms with van der Waals surface area (Å²) < 4.78 is 25.9. The number of carbonyl (C=O) groups is 2. The Bertz CT molecular complexity index is 1370. The summed E-state index contributed by atoms with van der Waals surface area (Å²) in [5.74, 6) is -1.09. The number of imide groups is 1. The van der Waals surface area contributed by atoms with Crippen molar-refractivity contribution < 1.29 is 18.4 Å². The summed E-state index contributed by atoms with van der Waals surface area (Å²) in [6.45, 7) is 2.74. The highest BCUT2D eigenvalue weighted by molar-refractivity contribution is 6.22. The number of benzene rings is 3. The average Bonchev–Trinajstić information content (AvgIpc) is 3.20. The third-order valence-corrected chi connectivity index (χ3v) is 6.89. The highest BCUT2D eigenvalue weighted by Gasteiger charge is 2.41. The number of fused-ring (bicyclic) bond motifs is 1. The van der Waals surface area contributed by atoms with Gasteiger partial charge >= 0.3 is 0 Å². The molecule has 3 aromatic rings. The maximum Gasteiger partial charge on any atom is 0.262 e. The maximum absolute atomic E-state index is 13.2. The first-order valence-corrected chi connectivity index (χ1v) is 12.5. The molecule has 38 heavy (non-hydrogen) atoms. The second kappa shape index (κ2) is 11.2. The van der Waals surface area contributed by atoms with Crippen molar-refractivity contribution in [1.82, 2.24) is 15.5 Å². The minimum atomic E-state index is -0.406. The topological polar surface area (TPSA) is 87.5 Å². The van der Waals surface area contributed by atoms with Crippen molar-refractivity contribution in [2.45, 2.75) is 12.1 Å². The Morgan fingerprint density at radius 3 is 1.68 bits per heavy atom. The predicted molar refractivity (Wildman–Crippen MR) is 143 cm³/mol. The number of nitrogens with two attached hydrogens (primary N) is 1. The molecule has 3 aliphatic rings. The molecular formula is C30H28F2N4O2. The molecule has 4 N–H and O–H groups in total. The fourth-order valence-electron chi connectivity index (χ4n) is 4.98. The molecule has 6 rings (SSSR count). The van der Waals surface area contributed by atoms with Crippen molar-refractivity contribution in [1.29, 1.82) is 0 Å². The number of nitrogens with one attached hydrogen (secondary N) is 2. The first-order valence-electron chi connectivity index (χ1n) is 12.5. The predicted octanol–water partition coefficient (Wildman–Crippen LogP) is 3.62. The number of rotatable bonds is 3. The third kappa shape index (κ3) is 5.19. The van der Waals surface area contributed by atoms with Crippen molar-refractivity contribution in [3.8, 4) is 0 Å². The van der Waals surface area contributed by atoms with Crippen LogP contribution in [0.3, 0.4) is 0 Å². The van der Waals surface area contributed by atoms with Crippen LogP contribution >= 0.6 is 0 Å². The zero-order valence-electron chi connectivity index (χ0n) is 20.7. The molecule has 0 fully saturated rings. The standard InChI is InChI=1S/C19H15FN2O2.C11H13FN2/c20-13-7-5-12(6-8-13)14-9-10-21-11-17(14)22-18(23)15-3-1-2-4-16(15)19(22)24;12-9-3-1-8(2-4-9)10-5-6-14-7-11(10)13/h1-9,17,21H,10-11H2;1-5,11,14H,6-7,13H2/t17-;11-/m00/s1. The monoisotopic (exact) mass is 514 g/mol. The molecule has 6 nitrogen and oxygen atoms in total. The lowest BCUT2D eigenvalue weighted by atomic mass is 9.94.